The molecule has 0 heterocycles. The number of carbonyl (C=O) groups excluding carboxylic acids is 1. The largest absolute Gasteiger partial charge is 0.478 e. The third-order valence-electron chi connectivity index (χ3n) is 3.18. The number of carboxylic acids is 1. The van der Waals surface area contributed by atoms with Crippen molar-refractivity contribution in [1.82, 2.24) is 0 Å². The van der Waals surface area contributed by atoms with Crippen molar-refractivity contribution in [2.75, 3.05) is 0 Å². The Balaban J connectivity index is 2.30. The fraction of sp³-hybridized carbons (Fsp3) is 0.200. The van der Waals surface area contributed by atoms with E-state index in [1.807, 2.05) is 25.1 Å². The zero-order valence-electron chi connectivity index (χ0n) is 10.9. The van der Waals surface area contributed by atoms with Crippen LogP contribution in [-0.2, 0) is 4.79 Å². The molecule has 2 atom stereocenters. The number of rotatable bonds is 4. The standard InChI is InChI=1S/C15H15NO3S/c1-15(8-3-2-7-12(15)13(16)17)20-11-6-4-5-10(9-11)14(18)19/h2-9,12H,1H3,(H2,16,17)(H,18,19). The fourth-order valence-electron chi connectivity index (χ4n) is 2.14. The maximum absolute atomic E-state index is 11.6. The lowest BCUT2D eigenvalue weighted by Gasteiger charge is -2.32. The molecule has 0 spiro atoms. The number of carboxylic acid groups (broad SMARTS) is 1. The van der Waals surface area contributed by atoms with Crippen LogP contribution >= 0.6 is 11.8 Å². The van der Waals surface area contributed by atoms with Gasteiger partial charge in [0.15, 0.2) is 0 Å². The highest BCUT2D eigenvalue weighted by Crippen LogP contribution is 2.42. The number of amides is 1. The monoisotopic (exact) mass is 289 g/mol. The average molecular weight is 289 g/mol. The van der Waals surface area contributed by atoms with Gasteiger partial charge in [-0.15, -0.1) is 11.8 Å². The van der Waals surface area contributed by atoms with Gasteiger partial charge in [0, 0.05) is 4.90 Å². The molecule has 0 saturated carbocycles. The molecule has 5 heteroatoms. The molecule has 3 N–H and O–H groups in total. The lowest BCUT2D eigenvalue weighted by molar-refractivity contribution is -0.120. The Hall–Kier alpha value is -2.01. The third-order valence-corrected chi connectivity index (χ3v) is 4.50. The summed E-state index contributed by atoms with van der Waals surface area (Å²) in [7, 11) is 0. The van der Waals surface area contributed by atoms with Gasteiger partial charge < -0.3 is 10.8 Å². The summed E-state index contributed by atoms with van der Waals surface area (Å²) in [6.07, 6.45) is 7.36. The average Bonchev–Trinajstić information content (AvgIpc) is 2.38. The highest BCUT2D eigenvalue weighted by Gasteiger charge is 2.36. The second-order valence-corrected chi connectivity index (χ2v) is 6.30. The van der Waals surface area contributed by atoms with E-state index in [9.17, 15) is 9.59 Å². The van der Waals surface area contributed by atoms with E-state index in [0.29, 0.717) is 0 Å². The summed E-state index contributed by atoms with van der Waals surface area (Å²) in [5.74, 6) is -1.79. The van der Waals surface area contributed by atoms with Crippen LogP contribution < -0.4 is 5.73 Å². The zero-order chi connectivity index (χ0) is 14.8. The van der Waals surface area contributed by atoms with Crippen molar-refractivity contribution in [2.45, 2.75) is 16.6 Å². The number of hydrogen-bond donors (Lipinski definition) is 2. The number of thioether (sulfide) groups is 1. The van der Waals surface area contributed by atoms with Crippen molar-refractivity contribution in [2.24, 2.45) is 11.7 Å². The van der Waals surface area contributed by atoms with E-state index in [4.69, 9.17) is 10.8 Å². The van der Waals surface area contributed by atoms with Crippen molar-refractivity contribution in [3.63, 3.8) is 0 Å². The van der Waals surface area contributed by atoms with Gasteiger partial charge in [0.2, 0.25) is 5.91 Å². The van der Waals surface area contributed by atoms with Gasteiger partial charge in [-0.1, -0.05) is 30.4 Å². The SMILES string of the molecule is CC1(Sc2cccc(C(=O)O)c2)C=CC=CC1C(N)=O. The van der Waals surface area contributed by atoms with Crippen molar-refractivity contribution in [3.05, 3.63) is 54.1 Å². The molecule has 1 aliphatic rings. The van der Waals surface area contributed by atoms with Gasteiger partial charge in [-0.05, 0) is 25.1 Å². The van der Waals surface area contributed by atoms with Crippen LogP contribution in [0.5, 0.6) is 0 Å². The Morgan fingerprint density at radius 1 is 1.35 bits per heavy atom. The van der Waals surface area contributed by atoms with E-state index in [-0.39, 0.29) is 5.56 Å². The molecule has 0 fully saturated rings. The zero-order valence-corrected chi connectivity index (χ0v) is 11.8. The summed E-state index contributed by atoms with van der Waals surface area (Å²) in [6, 6.07) is 6.66. The van der Waals surface area contributed by atoms with Crippen LogP contribution in [0.1, 0.15) is 17.3 Å². The Kier molecular flexibility index (Phi) is 3.99. The minimum Gasteiger partial charge on any atom is -0.478 e. The lowest BCUT2D eigenvalue weighted by atomic mass is 9.88. The summed E-state index contributed by atoms with van der Waals surface area (Å²) in [5.41, 5.74) is 5.67. The fourth-order valence-corrected chi connectivity index (χ4v) is 3.45. The molecule has 2 unspecified atom stereocenters. The summed E-state index contributed by atoms with van der Waals surface area (Å²) in [5, 5.41) is 9.01. The summed E-state index contributed by atoms with van der Waals surface area (Å²) in [6.45, 7) is 1.92. The van der Waals surface area contributed by atoms with E-state index in [0.717, 1.165) is 4.90 Å². The number of allylic oxidation sites excluding steroid dienone is 2. The van der Waals surface area contributed by atoms with E-state index in [1.54, 1.807) is 24.3 Å². The first-order valence-electron chi connectivity index (χ1n) is 6.10. The molecular weight excluding hydrogens is 274 g/mol. The van der Waals surface area contributed by atoms with Gasteiger partial charge in [0.05, 0.1) is 16.2 Å². The molecule has 104 valence electrons. The number of nitrogens with two attached hydrogens (primary N) is 1. The van der Waals surface area contributed by atoms with E-state index in [1.165, 1.54) is 17.8 Å². The van der Waals surface area contributed by atoms with E-state index < -0.39 is 22.5 Å². The van der Waals surface area contributed by atoms with Crippen molar-refractivity contribution in [3.8, 4) is 0 Å². The number of carbonyl (C=O) groups is 2. The topological polar surface area (TPSA) is 80.4 Å². The van der Waals surface area contributed by atoms with Crippen LogP contribution in [0.4, 0.5) is 0 Å². The third kappa shape index (κ3) is 2.93. The number of primary amides is 1. The van der Waals surface area contributed by atoms with E-state index >= 15 is 0 Å². The molecule has 0 aromatic heterocycles. The van der Waals surface area contributed by atoms with Crippen molar-refractivity contribution in [1.29, 1.82) is 0 Å². The Morgan fingerprint density at radius 2 is 2.10 bits per heavy atom. The van der Waals surface area contributed by atoms with Crippen LogP contribution in [0.15, 0.2) is 53.5 Å². The first-order chi connectivity index (χ1) is 9.42. The molecule has 1 aliphatic carbocycles. The highest BCUT2D eigenvalue weighted by atomic mass is 32.2. The molecule has 20 heavy (non-hydrogen) atoms. The predicted octanol–water partition coefficient (Wildman–Crippen LogP) is 2.46. The molecular formula is C15H15NO3S. The van der Waals surface area contributed by atoms with Gasteiger partial charge in [0.25, 0.3) is 0 Å². The lowest BCUT2D eigenvalue weighted by Crippen LogP contribution is -2.38. The highest BCUT2D eigenvalue weighted by molar-refractivity contribution is 8.00. The smallest absolute Gasteiger partial charge is 0.335 e. The van der Waals surface area contributed by atoms with Gasteiger partial charge in [-0.3, -0.25) is 4.79 Å². The second-order valence-electron chi connectivity index (χ2n) is 4.74. The normalized spacial score (nSPS) is 24.6. The van der Waals surface area contributed by atoms with Crippen LogP contribution in [0.25, 0.3) is 0 Å². The maximum Gasteiger partial charge on any atom is 0.335 e. The van der Waals surface area contributed by atoms with Crippen molar-refractivity contribution >= 4 is 23.6 Å². The molecule has 0 radical (unpaired) electrons. The molecule has 0 aliphatic heterocycles. The maximum atomic E-state index is 11.6. The molecule has 2 rings (SSSR count). The quantitative estimate of drug-likeness (QED) is 0.892. The Morgan fingerprint density at radius 3 is 2.75 bits per heavy atom. The number of benzene rings is 1. The van der Waals surface area contributed by atoms with Gasteiger partial charge >= 0.3 is 5.97 Å². The Labute approximate surface area is 121 Å². The van der Waals surface area contributed by atoms with E-state index in [2.05, 4.69) is 0 Å². The first-order valence-corrected chi connectivity index (χ1v) is 6.92. The van der Waals surface area contributed by atoms with Gasteiger partial charge in [-0.2, -0.15) is 0 Å². The van der Waals surface area contributed by atoms with Gasteiger partial charge in [-0.25, -0.2) is 4.79 Å². The minimum atomic E-state index is -0.969. The predicted molar refractivity (Wildman–Crippen MR) is 78.6 cm³/mol. The number of aromatic carboxylic acids is 1. The van der Waals surface area contributed by atoms with Crippen molar-refractivity contribution < 1.29 is 14.7 Å². The molecule has 4 nitrogen and oxygen atoms in total. The summed E-state index contributed by atoms with van der Waals surface area (Å²) >= 11 is 1.43. The molecule has 1 aromatic rings. The number of hydrogen-bond acceptors (Lipinski definition) is 3. The molecule has 1 aromatic carbocycles. The van der Waals surface area contributed by atoms with Crippen LogP contribution in [0, 0.1) is 5.92 Å². The summed E-state index contributed by atoms with van der Waals surface area (Å²) in [4.78, 5) is 23.3. The van der Waals surface area contributed by atoms with Gasteiger partial charge in [0.1, 0.15) is 0 Å². The van der Waals surface area contributed by atoms with Crippen LogP contribution in [-0.4, -0.2) is 21.7 Å². The summed E-state index contributed by atoms with van der Waals surface area (Å²) < 4.78 is -0.516. The minimum absolute atomic E-state index is 0.226. The molecule has 0 saturated heterocycles. The van der Waals surface area contributed by atoms with Crippen LogP contribution in [0.2, 0.25) is 0 Å². The molecule has 1 amide bonds. The molecule has 0 bridgehead atoms. The second kappa shape index (κ2) is 5.54. The first kappa shape index (κ1) is 14.4. The Bertz CT molecular complexity index is 609. The van der Waals surface area contributed by atoms with Crippen LogP contribution in [0.3, 0.4) is 0 Å².